The molecule has 6 heteroatoms. The minimum Gasteiger partial charge on any atom is -0.370 e. The Labute approximate surface area is 142 Å². The quantitative estimate of drug-likeness (QED) is 0.554. The summed E-state index contributed by atoms with van der Waals surface area (Å²) in [5, 5.41) is 1.45. The van der Waals surface area contributed by atoms with Crippen LogP contribution >= 0.6 is 0 Å². The van der Waals surface area contributed by atoms with Crippen molar-refractivity contribution in [1.82, 2.24) is 0 Å². The molecule has 0 saturated carbocycles. The lowest BCUT2D eigenvalue weighted by Crippen LogP contribution is -2.24. The number of rotatable bonds is 2. The first-order chi connectivity index (χ1) is 11.9. The van der Waals surface area contributed by atoms with Crippen LogP contribution in [-0.2, 0) is 0 Å². The van der Waals surface area contributed by atoms with Crippen LogP contribution < -0.4 is 11.5 Å². The van der Waals surface area contributed by atoms with E-state index >= 15 is 0 Å². The minimum atomic E-state index is -0.661. The lowest BCUT2D eigenvalue weighted by atomic mass is 9.93. The molecule has 0 heterocycles. The van der Waals surface area contributed by atoms with Crippen LogP contribution in [0.2, 0.25) is 0 Å². The molecule has 0 aliphatic carbocycles. The van der Waals surface area contributed by atoms with Crippen molar-refractivity contribution in [3.63, 3.8) is 0 Å². The van der Waals surface area contributed by atoms with Crippen molar-refractivity contribution in [2.45, 2.75) is 6.92 Å². The van der Waals surface area contributed by atoms with Gasteiger partial charge in [-0.15, -0.1) is 0 Å². The molecule has 4 N–H and O–H groups in total. The van der Waals surface area contributed by atoms with Gasteiger partial charge in [-0.05, 0) is 47.0 Å². The fourth-order valence-electron chi connectivity index (χ4n) is 2.85. The zero-order chi connectivity index (χ0) is 18.1. The molecule has 3 aromatic rings. The number of fused-ring (bicyclic) bond motifs is 1. The fourth-order valence-corrected chi connectivity index (χ4v) is 2.85. The first-order valence-electron chi connectivity index (χ1n) is 7.49. The number of carbonyl (C=O) groups excluding carboxylic acids is 1. The van der Waals surface area contributed by atoms with Gasteiger partial charge in [0.25, 0.3) is 5.91 Å². The number of guanidine groups is 1. The highest BCUT2D eigenvalue weighted by atomic mass is 19.1. The van der Waals surface area contributed by atoms with Crippen molar-refractivity contribution in [2.75, 3.05) is 0 Å². The van der Waals surface area contributed by atoms with E-state index in [9.17, 15) is 13.6 Å². The number of amides is 1. The zero-order valence-corrected chi connectivity index (χ0v) is 13.4. The molecule has 0 bridgehead atoms. The van der Waals surface area contributed by atoms with Gasteiger partial charge in [0.1, 0.15) is 11.6 Å². The second-order valence-corrected chi connectivity index (χ2v) is 5.66. The van der Waals surface area contributed by atoms with Gasteiger partial charge in [0.05, 0.1) is 0 Å². The van der Waals surface area contributed by atoms with Gasteiger partial charge in [0, 0.05) is 17.2 Å². The smallest absolute Gasteiger partial charge is 0.280 e. The summed E-state index contributed by atoms with van der Waals surface area (Å²) >= 11 is 0. The van der Waals surface area contributed by atoms with Gasteiger partial charge in [0.2, 0.25) is 0 Å². The second-order valence-electron chi connectivity index (χ2n) is 5.66. The average molecular weight is 339 g/mol. The van der Waals surface area contributed by atoms with Crippen LogP contribution in [0.3, 0.4) is 0 Å². The maximum absolute atomic E-state index is 14.4. The van der Waals surface area contributed by atoms with E-state index in [0.29, 0.717) is 22.1 Å². The first-order valence-corrected chi connectivity index (χ1v) is 7.49. The van der Waals surface area contributed by atoms with E-state index in [1.54, 1.807) is 37.3 Å². The first kappa shape index (κ1) is 16.6. The van der Waals surface area contributed by atoms with Gasteiger partial charge in [-0.1, -0.05) is 24.3 Å². The van der Waals surface area contributed by atoms with Crippen molar-refractivity contribution >= 4 is 22.6 Å². The normalized spacial score (nSPS) is 10.7. The Morgan fingerprint density at radius 1 is 1.04 bits per heavy atom. The molecule has 0 aliphatic rings. The van der Waals surface area contributed by atoms with Crippen LogP contribution in [0.25, 0.3) is 21.9 Å². The van der Waals surface area contributed by atoms with E-state index in [1.165, 1.54) is 6.07 Å². The molecule has 25 heavy (non-hydrogen) atoms. The van der Waals surface area contributed by atoms with Gasteiger partial charge in [-0.2, -0.15) is 4.99 Å². The van der Waals surface area contributed by atoms with E-state index < -0.39 is 17.5 Å². The Hall–Kier alpha value is -3.28. The van der Waals surface area contributed by atoms with E-state index in [4.69, 9.17) is 11.5 Å². The Kier molecular flexibility index (Phi) is 4.19. The summed E-state index contributed by atoms with van der Waals surface area (Å²) in [5.41, 5.74) is 12.1. The fraction of sp³-hybridized carbons (Fsp3) is 0.0526. The third kappa shape index (κ3) is 3.19. The molecule has 0 unspecified atom stereocenters. The summed E-state index contributed by atoms with van der Waals surface area (Å²) in [6.45, 7) is 1.63. The molecule has 0 fully saturated rings. The number of nitrogens with zero attached hydrogens (tertiary/aromatic N) is 1. The number of hydrogen-bond donors (Lipinski definition) is 2. The van der Waals surface area contributed by atoms with Crippen LogP contribution in [0.4, 0.5) is 8.78 Å². The highest BCUT2D eigenvalue weighted by Crippen LogP contribution is 2.34. The van der Waals surface area contributed by atoms with Crippen molar-refractivity contribution in [1.29, 1.82) is 0 Å². The van der Waals surface area contributed by atoms with Crippen LogP contribution in [0, 0.1) is 18.6 Å². The Morgan fingerprint density at radius 3 is 2.48 bits per heavy atom. The number of benzene rings is 3. The molecule has 3 rings (SSSR count). The van der Waals surface area contributed by atoms with E-state index in [1.807, 2.05) is 6.07 Å². The van der Waals surface area contributed by atoms with Gasteiger partial charge in [-0.25, -0.2) is 8.78 Å². The monoisotopic (exact) mass is 339 g/mol. The largest absolute Gasteiger partial charge is 0.370 e. The number of aliphatic imine (C=N–C) groups is 1. The maximum Gasteiger partial charge on any atom is 0.280 e. The number of nitrogens with two attached hydrogens (primary N) is 2. The van der Waals surface area contributed by atoms with Crippen molar-refractivity contribution in [3.05, 3.63) is 71.3 Å². The van der Waals surface area contributed by atoms with Crippen LogP contribution in [-0.4, -0.2) is 11.9 Å². The van der Waals surface area contributed by atoms with E-state index in [2.05, 4.69) is 4.99 Å². The molecule has 126 valence electrons. The Morgan fingerprint density at radius 2 is 1.80 bits per heavy atom. The Balaban J connectivity index is 2.27. The number of hydrogen-bond acceptors (Lipinski definition) is 1. The third-order valence-corrected chi connectivity index (χ3v) is 3.88. The van der Waals surface area contributed by atoms with Crippen LogP contribution in [0.1, 0.15) is 15.9 Å². The predicted molar refractivity (Wildman–Crippen MR) is 94.2 cm³/mol. The van der Waals surface area contributed by atoms with Crippen molar-refractivity contribution in [2.24, 2.45) is 16.5 Å². The molecule has 0 saturated heterocycles. The summed E-state index contributed by atoms with van der Waals surface area (Å²) in [4.78, 5) is 15.6. The highest BCUT2D eigenvalue weighted by molar-refractivity contribution is 6.06. The molecular weight excluding hydrogens is 324 g/mol. The minimum absolute atomic E-state index is 0.272. The molecule has 0 radical (unpaired) electrons. The van der Waals surface area contributed by atoms with Gasteiger partial charge in [0.15, 0.2) is 5.96 Å². The average Bonchev–Trinajstić information content (AvgIpc) is 2.53. The molecule has 0 spiro atoms. The van der Waals surface area contributed by atoms with Crippen LogP contribution in [0.15, 0.2) is 53.5 Å². The molecule has 1 amide bonds. The Bertz CT molecular complexity index is 1000. The van der Waals surface area contributed by atoms with Gasteiger partial charge in [-0.3, -0.25) is 4.79 Å². The maximum atomic E-state index is 14.4. The molecule has 0 atom stereocenters. The second kappa shape index (κ2) is 6.32. The molecule has 0 aliphatic heterocycles. The summed E-state index contributed by atoms with van der Waals surface area (Å²) in [6, 6.07) is 12.4. The van der Waals surface area contributed by atoms with Crippen LogP contribution in [0.5, 0.6) is 0 Å². The lowest BCUT2D eigenvalue weighted by Gasteiger charge is -2.12. The molecular formula is C19H15F2N3O. The predicted octanol–water partition coefficient (Wildman–Crippen LogP) is 3.51. The van der Waals surface area contributed by atoms with Gasteiger partial charge >= 0.3 is 0 Å². The third-order valence-electron chi connectivity index (χ3n) is 3.88. The molecule has 0 aromatic heterocycles. The van der Waals surface area contributed by atoms with E-state index in [0.717, 1.165) is 11.5 Å². The highest BCUT2D eigenvalue weighted by Gasteiger charge is 2.15. The van der Waals surface area contributed by atoms with Gasteiger partial charge < -0.3 is 11.5 Å². The van der Waals surface area contributed by atoms with Crippen molar-refractivity contribution < 1.29 is 13.6 Å². The standard InChI is InChI=1S/C19H15F2N3O/c1-10-7-13(20)9-16(21)17(10)14-4-2-3-11-5-6-12(8-15(11)14)18(25)24-19(22)23/h2-9H,1H3,(H4,22,23,24,25). The summed E-state index contributed by atoms with van der Waals surface area (Å²) in [7, 11) is 0. The topological polar surface area (TPSA) is 81.5 Å². The summed E-state index contributed by atoms with van der Waals surface area (Å²) in [6.07, 6.45) is 0. The van der Waals surface area contributed by atoms with Crippen molar-refractivity contribution in [3.8, 4) is 11.1 Å². The molecule has 4 nitrogen and oxygen atoms in total. The lowest BCUT2D eigenvalue weighted by molar-refractivity contribution is 0.100. The summed E-state index contributed by atoms with van der Waals surface area (Å²) in [5.74, 6) is -2.22. The zero-order valence-electron chi connectivity index (χ0n) is 13.4. The molecule has 3 aromatic carbocycles. The number of carbonyl (C=O) groups is 1. The number of halogens is 2. The number of aryl methyl sites for hydroxylation is 1. The van der Waals surface area contributed by atoms with E-state index in [-0.39, 0.29) is 11.5 Å². The SMILES string of the molecule is Cc1cc(F)cc(F)c1-c1cccc2ccc(C(=O)N=C(N)N)cc12. The summed E-state index contributed by atoms with van der Waals surface area (Å²) < 4.78 is 27.8.